The average Bonchev–Trinajstić information content (AvgIpc) is 2.22. The van der Waals surface area contributed by atoms with Gasteiger partial charge < -0.3 is 0 Å². The van der Waals surface area contributed by atoms with Gasteiger partial charge in [-0.05, 0) is 31.0 Å². The van der Waals surface area contributed by atoms with Crippen LogP contribution >= 0.6 is 11.6 Å². The van der Waals surface area contributed by atoms with E-state index < -0.39 is 15.8 Å². The van der Waals surface area contributed by atoms with E-state index in [9.17, 15) is 12.8 Å². The number of hydrogen-bond donors (Lipinski definition) is 0. The summed E-state index contributed by atoms with van der Waals surface area (Å²) in [6.07, 6.45) is 1.49. The maximum absolute atomic E-state index is 13.0. The van der Waals surface area contributed by atoms with E-state index in [2.05, 4.69) is 0 Å². The average molecular weight is 264 g/mol. The summed E-state index contributed by atoms with van der Waals surface area (Å²) in [4.78, 5) is 0. The standard InChI is InChI=1S/C10H11ClFNO2S/c11-9-7-8(3-4-10(9)12)13-5-1-2-6-16(13,14)15/h3-4,7H,1-2,5-6H2. The molecule has 0 N–H and O–H groups in total. The molecule has 0 atom stereocenters. The van der Waals surface area contributed by atoms with E-state index in [0.29, 0.717) is 18.7 Å². The summed E-state index contributed by atoms with van der Waals surface area (Å²) in [6, 6.07) is 3.96. The zero-order valence-electron chi connectivity index (χ0n) is 8.49. The Kier molecular flexibility index (Phi) is 3.08. The Bertz CT molecular complexity index is 504. The van der Waals surface area contributed by atoms with Gasteiger partial charge in [-0.25, -0.2) is 12.8 Å². The summed E-state index contributed by atoms with van der Waals surface area (Å²) in [7, 11) is -3.25. The van der Waals surface area contributed by atoms with Gasteiger partial charge in [0.2, 0.25) is 10.0 Å². The first-order valence-electron chi connectivity index (χ1n) is 4.96. The van der Waals surface area contributed by atoms with Gasteiger partial charge in [0.15, 0.2) is 0 Å². The van der Waals surface area contributed by atoms with Crippen molar-refractivity contribution in [3.8, 4) is 0 Å². The van der Waals surface area contributed by atoms with Crippen molar-refractivity contribution >= 4 is 27.3 Å². The smallest absolute Gasteiger partial charge is 0.235 e. The molecule has 88 valence electrons. The first-order valence-corrected chi connectivity index (χ1v) is 6.95. The molecule has 3 nitrogen and oxygen atoms in total. The molecule has 0 aliphatic carbocycles. The van der Waals surface area contributed by atoms with Gasteiger partial charge in [0.1, 0.15) is 5.82 Å². The lowest BCUT2D eigenvalue weighted by Crippen LogP contribution is -2.37. The molecule has 1 saturated heterocycles. The highest BCUT2D eigenvalue weighted by atomic mass is 35.5. The zero-order valence-corrected chi connectivity index (χ0v) is 10.1. The van der Waals surface area contributed by atoms with E-state index >= 15 is 0 Å². The van der Waals surface area contributed by atoms with Gasteiger partial charge in [-0.15, -0.1) is 0 Å². The molecule has 0 spiro atoms. The number of hydrogen-bond acceptors (Lipinski definition) is 2. The van der Waals surface area contributed by atoms with Crippen molar-refractivity contribution in [2.24, 2.45) is 0 Å². The Hall–Kier alpha value is -0.810. The SMILES string of the molecule is O=S1(=O)CCCCN1c1ccc(F)c(Cl)c1. The van der Waals surface area contributed by atoms with Crippen molar-refractivity contribution in [1.29, 1.82) is 0 Å². The molecule has 1 aromatic carbocycles. The molecule has 1 aliphatic heterocycles. The Labute approximate surface area is 98.9 Å². The van der Waals surface area contributed by atoms with E-state index in [1.807, 2.05) is 0 Å². The van der Waals surface area contributed by atoms with Crippen molar-refractivity contribution in [3.63, 3.8) is 0 Å². The van der Waals surface area contributed by atoms with Crippen molar-refractivity contribution in [3.05, 3.63) is 29.0 Å². The van der Waals surface area contributed by atoms with Gasteiger partial charge in [0.25, 0.3) is 0 Å². The summed E-state index contributed by atoms with van der Waals surface area (Å²) in [6.45, 7) is 0.435. The lowest BCUT2D eigenvalue weighted by Gasteiger charge is -2.28. The Balaban J connectivity index is 2.39. The molecule has 1 aromatic rings. The summed E-state index contributed by atoms with van der Waals surface area (Å²) in [5.41, 5.74) is 0.436. The molecule has 1 heterocycles. The molecule has 16 heavy (non-hydrogen) atoms. The van der Waals surface area contributed by atoms with Crippen molar-refractivity contribution in [2.45, 2.75) is 12.8 Å². The lowest BCUT2D eigenvalue weighted by atomic mass is 10.3. The fraction of sp³-hybridized carbons (Fsp3) is 0.400. The van der Waals surface area contributed by atoms with E-state index in [1.54, 1.807) is 0 Å². The number of anilines is 1. The quantitative estimate of drug-likeness (QED) is 0.780. The van der Waals surface area contributed by atoms with Crippen LogP contribution in [0.5, 0.6) is 0 Å². The molecule has 0 bridgehead atoms. The van der Waals surface area contributed by atoms with Crippen LogP contribution in [0, 0.1) is 5.82 Å². The topological polar surface area (TPSA) is 37.4 Å². The Morgan fingerprint density at radius 3 is 2.69 bits per heavy atom. The van der Waals surface area contributed by atoms with Gasteiger partial charge in [0, 0.05) is 6.54 Å². The summed E-state index contributed by atoms with van der Waals surface area (Å²) in [5, 5.41) is -0.0572. The number of sulfonamides is 1. The molecule has 0 aromatic heterocycles. The molecule has 1 aliphatic rings. The van der Waals surface area contributed by atoms with E-state index in [0.717, 1.165) is 6.42 Å². The van der Waals surface area contributed by atoms with Crippen LogP contribution < -0.4 is 4.31 Å². The van der Waals surface area contributed by atoms with Gasteiger partial charge in [-0.1, -0.05) is 11.6 Å². The molecule has 6 heteroatoms. The third-order valence-electron chi connectivity index (χ3n) is 2.54. The highest BCUT2D eigenvalue weighted by molar-refractivity contribution is 7.92. The number of benzene rings is 1. The van der Waals surface area contributed by atoms with Crippen LogP contribution in [0.25, 0.3) is 0 Å². The predicted molar refractivity (Wildman–Crippen MR) is 61.8 cm³/mol. The zero-order chi connectivity index (χ0) is 11.8. The first kappa shape index (κ1) is 11.7. The van der Waals surface area contributed by atoms with Gasteiger partial charge in [-0.2, -0.15) is 0 Å². The van der Waals surface area contributed by atoms with Crippen molar-refractivity contribution in [1.82, 2.24) is 0 Å². The van der Waals surface area contributed by atoms with Crippen LogP contribution in [0.2, 0.25) is 5.02 Å². The Morgan fingerprint density at radius 2 is 2.06 bits per heavy atom. The van der Waals surface area contributed by atoms with Crippen LogP contribution in [0.15, 0.2) is 18.2 Å². The molecule has 2 rings (SSSR count). The second-order valence-electron chi connectivity index (χ2n) is 3.69. The summed E-state index contributed by atoms with van der Waals surface area (Å²) < 4.78 is 37.8. The highest BCUT2D eigenvalue weighted by Gasteiger charge is 2.26. The highest BCUT2D eigenvalue weighted by Crippen LogP contribution is 2.27. The molecule has 0 radical (unpaired) electrons. The summed E-state index contributed by atoms with van der Waals surface area (Å²) >= 11 is 5.63. The normalized spacial score (nSPS) is 19.8. The van der Waals surface area contributed by atoms with E-state index in [-0.39, 0.29) is 10.8 Å². The van der Waals surface area contributed by atoms with Crippen LogP contribution in [0.3, 0.4) is 0 Å². The predicted octanol–water partition coefficient (Wildman–Crippen LogP) is 2.41. The molecule has 1 fully saturated rings. The number of nitrogens with zero attached hydrogens (tertiary/aromatic N) is 1. The molecule has 0 amide bonds. The Morgan fingerprint density at radius 1 is 1.31 bits per heavy atom. The molecule has 0 saturated carbocycles. The van der Waals surface area contributed by atoms with Gasteiger partial charge >= 0.3 is 0 Å². The third-order valence-corrected chi connectivity index (χ3v) is 4.70. The van der Waals surface area contributed by atoms with Crippen molar-refractivity contribution < 1.29 is 12.8 Å². The third kappa shape index (κ3) is 2.15. The second-order valence-corrected chi connectivity index (χ2v) is 6.11. The molecule has 0 unspecified atom stereocenters. The van der Waals surface area contributed by atoms with Gasteiger partial charge in [-0.3, -0.25) is 4.31 Å². The van der Waals surface area contributed by atoms with Gasteiger partial charge in [0.05, 0.1) is 16.5 Å². The minimum atomic E-state index is -3.25. The maximum atomic E-state index is 13.0. The van der Waals surface area contributed by atoms with Crippen LogP contribution in [-0.2, 0) is 10.0 Å². The van der Waals surface area contributed by atoms with Crippen LogP contribution in [0.4, 0.5) is 10.1 Å². The largest absolute Gasteiger partial charge is 0.270 e. The minimum absolute atomic E-state index is 0.0572. The minimum Gasteiger partial charge on any atom is -0.270 e. The fourth-order valence-corrected chi connectivity index (χ4v) is 3.53. The van der Waals surface area contributed by atoms with Crippen LogP contribution in [-0.4, -0.2) is 20.7 Å². The fourth-order valence-electron chi connectivity index (χ4n) is 1.72. The summed E-state index contributed by atoms with van der Waals surface area (Å²) in [5.74, 6) is -0.401. The van der Waals surface area contributed by atoms with E-state index in [1.165, 1.54) is 22.5 Å². The maximum Gasteiger partial charge on any atom is 0.235 e. The lowest BCUT2D eigenvalue weighted by molar-refractivity contribution is 0.574. The van der Waals surface area contributed by atoms with Crippen molar-refractivity contribution in [2.75, 3.05) is 16.6 Å². The van der Waals surface area contributed by atoms with E-state index in [4.69, 9.17) is 11.6 Å². The number of rotatable bonds is 1. The second kappa shape index (κ2) is 4.22. The van der Waals surface area contributed by atoms with Crippen LogP contribution in [0.1, 0.15) is 12.8 Å². The number of halogens is 2. The first-order chi connectivity index (χ1) is 7.50. The molecular weight excluding hydrogens is 253 g/mol. The molecular formula is C10H11ClFNO2S. The monoisotopic (exact) mass is 263 g/mol.